The Morgan fingerprint density at radius 1 is 1.29 bits per heavy atom. The second-order valence-corrected chi connectivity index (χ2v) is 7.81. The van der Waals surface area contributed by atoms with E-state index in [2.05, 4.69) is 16.3 Å². The van der Waals surface area contributed by atoms with Crippen LogP contribution in [0.2, 0.25) is 0 Å². The highest BCUT2D eigenvalue weighted by Crippen LogP contribution is 2.48. The quantitative estimate of drug-likeness (QED) is 0.781. The van der Waals surface area contributed by atoms with Crippen LogP contribution < -0.4 is 0 Å². The van der Waals surface area contributed by atoms with Crippen molar-refractivity contribution in [3.8, 4) is 0 Å². The number of hydrogen-bond donors (Lipinski definition) is 1. The molecular formula is C7H14F3O2PS. The van der Waals surface area contributed by atoms with Gasteiger partial charge in [-0.3, -0.25) is 0 Å². The van der Waals surface area contributed by atoms with Crippen molar-refractivity contribution in [2.45, 2.75) is 26.9 Å². The van der Waals surface area contributed by atoms with E-state index in [4.69, 9.17) is 0 Å². The lowest BCUT2D eigenvalue weighted by Crippen LogP contribution is -2.19. The molecule has 86 valence electrons. The molecule has 0 aliphatic rings. The molecule has 7 heteroatoms. The van der Waals surface area contributed by atoms with E-state index in [0.717, 1.165) is 0 Å². The summed E-state index contributed by atoms with van der Waals surface area (Å²) in [6.45, 7) is 0.564. The fraction of sp³-hybridized carbons (Fsp3) is 1.00. The Bertz CT molecular complexity index is 234. The maximum absolute atomic E-state index is 11.8. The molecule has 0 aromatic heterocycles. The van der Waals surface area contributed by atoms with E-state index < -0.39 is 19.3 Å². The van der Waals surface area contributed by atoms with Crippen LogP contribution in [0.25, 0.3) is 0 Å². The van der Waals surface area contributed by atoms with Crippen LogP contribution in [0.5, 0.6) is 0 Å². The SMILES string of the molecule is CC(C)(C)CP(O)(=S)OCC(F)(F)F. The topological polar surface area (TPSA) is 29.5 Å². The van der Waals surface area contributed by atoms with E-state index in [1.165, 1.54) is 0 Å². The highest BCUT2D eigenvalue weighted by molar-refractivity contribution is 8.09. The molecule has 0 heterocycles. The fourth-order valence-electron chi connectivity index (χ4n) is 0.819. The largest absolute Gasteiger partial charge is 0.412 e. The van der Waals surface area contributed by atoms with Crippen molar-refractivity contribution in [1.29, 1.82) is 0 Å². The lowest BCUT2D eigenvalue weighted by molar-refractivity contribution is -0.153. The van der Waals surface area contributed by atoms with Crippen molar-refractivity contribution in [2.24, 2.45) is 5.41 Å². The fourth-order valence-corrected chi connectivity index (χ4v) is 3.78. The van der Waals surface area contributed by atoms with Crippen LogP contribution in [0.4, 0.5) is 13.2 Å². The second-order valence-electron chi connectivity index (χ2n) is 4.24. The van der Waals surface area contributed by atoms with Crippen LogP contribution >= 0.6 is 6.49 Å². The van der Waals surface area contributed by atoms with Crippen molar-refractivity contribution in [1.82, 2.24) is 0 Å². The molecule has 0 amide bonds. The lowest BCUT2D eigenvalue weighted by Gasteiger charge is -2.25. The molecule has 1 N–H and O–H groups in total. The highest BCUT2D eigenvalue weighted by Gasteiger charge is 2.32. The summed E-state index contributed by atoms with van der Waals surface area (Å²) in [5, 5.41) is 0. The summed E-state index contributed by atoms with van der Waals surface area (Å²) in [4.78, 5) is 9.42. The minimum absolute atomic E-state index is 0.0748. The molecule has 1 atom stereocenters. The predicted molar refractivity (Wildman–Crippen MR) is 52.8 cm³/mol. The van der Waals surface area contributed by atoms with Gasteiger partial charge in [0.2, 0.25) is 0 Å². The van der Waals surface area contributed by atoms with Gasteiger partial charge in [0.1, 0.15) is 6.61 Å². The predicted octanol–water partition coefficient (Wildman–Crippen LogP) is 2.91. The van der Waals surface area contributed by atoms with Crippen LogP contribution in [0.15, 0.2) is 0 Å². The van der Waals surface area contributed by atoms with Crippen molar-refractivity contribution in [3.05, 3.63) is 0 Å². The number of halogens is 3. The molecule has 0 aromatic carbocycles. The first kappa shape index (κ1) is 14.4. The van der Waals surface area contributed by atoms with Gasteiger partial charge in [-0.1, -0.05) is 20.8 Å². The Morgan fingerprint density at radius 2 is 1.71 bits per heavy atom. The summed E-state index contributed by atoms with van der Waals surface area (Å²) < 4.78 is 39.6. The standard InChI is InChI=1S/C7H14F3O2PS/c1-6(2,3)5-13(11,14)12-4-7(8,9)10/h4-5H2,1-3H3,(H,11,14). The summed E-state index contributed by atoms with van der Waals surface area (Å²) in [6, 6.07) is 0. The van der Waals surface area contributed by atoms with Gasteiger partial charge >= 0.3 is 6.18 Å². The minimum Gasteiger partial charge on any atom is -0.345 e. The Kier molecular flexibility index (Phi) is 4.59. The van der Waals surface area contributed by atoms with Gasteiger partial charge < -0.3 is 9.42 Å². The van der Waals surface area contributed by atoms with E-state index in [-0.39, 0.29) is 11.6 Å². The van der Waals surface area contributed by atoms with Gasteiger partial charge in [-0.15, -0.1) is 0 Å². The Balaban J connectivity index is 4.17. The molecule has 0 fully saturated rings. The Morgan fingerprint density at radius 3 is 2.00 bits per heavy atom. The first-order valence-electron chi connectivity index (χ1n) is 3.94. The maximum atomic E-state index is 11.8. The van der Waals surface area contributed by atoms with Crippen LogP contribution in [-0.2, 0) is 16.3 Å². The summed E-state index contributed by atoms with van der Waals surface area (Å²) in [5.74, 6) is 0. The normalized spacial score (nSPS) is 17.9. The molecule has 0 aromatic rings. The number of hydrogen-bond acceptors (Lipinski definition) is 2. The second kappa shape index (κ2) is 4.47. The summed E-state index contributed by atoms with van der Waals surface area (Å²) in [5.41, 5.74) is -0.337. The third kappa shape index (κ3) is 8.94. The van der Waals surface area contributed by atoms with Crippen molar-refractivity contribution in [2.75, 3.05) is 12.8 Å². The zero-order valence-corrected chi connectivity index (χ0v) is 9.97. The lowest BCUT2D eigenvalue weighted by atomic mass is 10.0. The van der Waals surface area contributed by atoms with Gasteiger partial charge in [0.25, 0.3) is 0 Å². The highest BCUT2D eigenvalue weighted by atomic mass is 32.5. The minimum atomic E-state index is -4.44. The van der Waals surface area contributed by atoms with Crippen molar-refractivity contribution < 1.29 is 22.6 Å². The maximum Gasteiger partial charge on any atom is 0.412 e. The molecule has 0 aliphatic heterocycles. The molecule has 14 heavy (non-hydrogen) atoms. The third-order valence-electron chi connectivity index (χ3n) is 1.10. The monoisotopic (exact) mass is 250 g/mol. The van der Waals surface area contributed by atoms with Gasteiger partial charge in [0.15, 0.2) is 6.49 Å². The zero-order chi connectivity index (χ0) is 11.6. The summed E-state index contributed by atoms with van der Waals surface area (Å²) >= 11 is 4.60. The van der Waals surface area contributed by atoms with Gasteiger partial charge in [-0.05, 0) is 17.2 Å². The molecule has 0 radical (unpaired) electrons. The van der Waals surface area contributed by atoms with Crippen LogP contribution in [0.3, 0.4) is 0 Å². The van der Waals surface area contributed by atoms with Gasteiger partial charge in [-0.25, -0.2) is 0 Å². The van der Waals surface area contributed by atoms with Crippen LogP contribution in [0, 0.1) is 5.41 Å². The Labute approximate surface area is 86.6 Å². The first-order valence-corrected chi connectivity index (χ1v) is 6.80. The van der Waals surface area contributed by atoms with Gasteiger partial charge in [0.05, 0.1) is 0 Å². The molecule has 0 aliphatic carbocycles. The molecular weight excluding hydrogens is 236 g/mol. The third-order valence-corrected chi connectivity index (χ3v) is 3.69. The summed E-state index contributed by atoms with van der Waals surface area (Å²) in [6.07, 6.45) is -4.36. The van der Waals surface area contributed by atoms with Gasteiger partial charge in [0, 0.05) is 6.16 Å². The molecule has 2 nitrogen and oxygen atoms in total. The zero-order valence-electron chi connectivity index (χ0n) is 8.26. The first-order chi connectivity index (χ1) is 5.91. The van der Waals surface area contributed by atoms with E-state index in [0.29, 0.717) is 0 Å². The number of alkyl halides is 3. The molecule has 0 saturated carbocycles. The van der Waals surface area contributed by atoms with Crippen LogP contribution in [0.1, 0.15) is 20.8 Å². The molecule has 1 unspecified atom stereocenters. The average molecular weight is 250 g/mol. The van der Waals surface area contributed by atoms with E-state index in [1.807, 2.05) is 0 Å². The Hall–Kier alpha value is 0.360. The molecule has 0 saturated heterocycles. The molecule has 0 spiro atoms. The van der Waals surface area contributed by atoms with Gasteiger partial charge in [-0.2, -0.15) is 13.2 Å². The summed E-state index contributed by atoms with van der Waals surface area (Å²) in [7, 11) is 0. The smallest absolute Gasteiger partial charge is 0.345 e. The number of rotatable bonds is 3. The molecule has 0 bridgehead atoms. The van der Waals surface area contributed by atoms with E-state index >= 15 is 0 Å². The van der Waals surface area contributed by atoms with E-state index in [1.54, 1.807) is 20.8 Å². The average Bonchev–Trinajstić information content (AvgIpc) is 1.76. The van der Waals surface area contributed by atoms with Crippen LogP contribution in [-0.4, -0.2) is 23.8 Å². The van der Waals surface area contributed by atoms with Crippen molar-refractivity contribution in [3.63, 3.8) is 0 Å². The van der Waals surface area contributed by atoms with E-state index in [9.17, 15) is 18.1 Å². The molecule has 0 rings (SSSR count). The van der Waals surface area contributed by atoms with Crippen molar-refractivity contribution >= 4 is 18.3 Å².